The molecule has 0 saturated heterocycles. The molecule has 1 N–H and O–H groups in total. The van der Waals surface area contributed by atoms with Crippen LogP contribution in [0.1, 0.15) is 6.92 Å². The minimum atomic E-state index is -0.101. The van der Waals surface area contributed by atoms with E-state index in [0.717, 1.165) is 5.16 Å². The molecule has 1 aliphatic rings. The highest BCUT2D eigenvalue weighted by Crippen LogP contribution is 2.28. The van der Waals surface area contributed by atoms with Gasteiger partial charge in [0.2, 0.25) is 5.65 Å². The fourth-order valence-electron chi connectivity index (χ4n) is 1.54. The molecule has 72 valence electrons. The Morgan fingerprint density at radius 3 is 3.29 bits per heavy atom. The van der Waals surface area contributed by atoms with E-state index in [2.05, 4.69) is 27.3 Å². The first-order valence-corrected chi connectivity index (χ1v) is 5.11. The molecule has 0 amide bonds. The lowest BCUT2D eigenvalue weighted by atomic mass is 10.4. The molecule has 0 bridgehead atoms. The highest BCUT2D eigenvalue weighted by atomic mass is 32.2. The van der Waals surface area contributed by atoms with E-state index < -0.39 is 0 Å². The van der Waals surface area contributed by atoms with Crippen molar-refractivity contribution < 1.29 is 0 Å². The van der Waals surface area contributed by atoms with E-state index in [1.54, 1.807) is 16.3 Å². The molecule has 1 atom stereocenters. The summed E-state index contributed by atoms with van der Waals surface area (Å²) < 4.78 is 1.65. The summed E-state index contributed by atoms with van der Waals surface area (Å²) in [6.45, 7) is 2.77. The van der Waals surface area contributed by atoms with Gasteiger partial charge >= 0.3 is 0 Å². The Kier molecular flexibility index (Phi) is 1.46. The zero-order chi connectivity index (χ0) is 9.71. The second-order valence-electron chi connectivity index (χ2n) is 3.23. The van der Waals surface area contributed by atoms with Crippen LogP contribution in [0.5, 0.6) is 0 Å². The van der Waals surface area contributed by atoms with Crippen LogP contribution < -0.4 is 5.56 Å². The van der Waals surface area contributed by atoms with Crippen LogP contribution in [0.3, 0.4) is 0 Å². The number of hydrogen-bond donors (Lipinski definition) is 1. The van der Waals surface area contributed by atoms with Crippen LogP contribution in [0.25, 0.3) is 11.2 Å². The molecule has 7 heteroatoms. The minimum Gasteiger partial charge on any atom is -0.284 e. The molecule has 14 heavy (non-hydrogen) atoms. The maximum absolute atomic E-state index is 11.8. The van der Waals surface area contributed by atoms with Gasteiger partial charge in [0, 0.05) is 11.8 Å². The van der Waals surface area contributed by atoms with Crippen LogP contribution in [-0.4, -0.2) is 30.2 Å². The van der Waals surface area contributed by atoms with Crippen LogP contribution >= 0.6 is 11.8 Å². The van der Waals surface area contributed by atoms with Gasteiger partial charge in [-0.1, -0.05) is 18.7 Å². The minimum absolute atomic E-state index is 0.101. The van der Waals surface area contributed by atoms with E-state index in [1.807, 2.05) is 0 Å². The number of H-pyrrole nitrogens is 1. The topological polar surface area (TPSA) is 76.5 Å². The molecular weight excluding hydrogens is 202 g/mol. The second-order valence-corrected chi connectivity index (χ2v) is 4.64. The Balaban J connectivity index is 2.41. The highest BCUT2D eigenvalue weighted by Gasteiger charge is 2.23. The van der Waals surface area contributed by atoms with Gasteiger partial charge in [-0.15, -0.1) is 10.2 Å². The Bertz CT molecular complexity index is 559. The molecule has 1 unspecified atom stereocenters. The summed E-state index contributed by atoms with van der Waals surface area (Å²) in [6.07, 6.45) is 0. The van der Waals surface area contributed by atoms with Crippen LogP contribution in [-0.2, 0) is 6.54 Å². The number of nitrogens with one attached hydrogen (secondary N) is 1. The number of fused-ring (bicyclic) bond motifs is 2. The van der Waals surface area contributed by atoms with Gasteiger partial charge in [-0.05, 0) is 0 Å². The van der Waals surface area contributed by atoms with E-state index in [1.165, 1.54) is 0 Å². The number of nitrogens with zero attached hydrogens (tertiary/aromatic N) is 4. The molecule has 0 aromatic carbocycles. The predicted octanol–water partition coefficient (Wildman–Crippen LogP) is 0.00880. The Morgan fingerprint density at radius 2 is 2.43 bits per heavy atom. The SMILES string of the molecule is CC1Cn2c(nc3n[nH]nc3c2=O)S1. The maximum Gasteiger partial charge on any atom is 0.284 e. The maximum atomic E-state index is 11.8. The zero-order valence-electron chi connectivity index (χ0n) is 7.39. The highest BCUT2D eigenvalue weighted by molar-refractivity contribution is 7.99. The average Bonchev–Trinajstić information content (AvgIpc) is 2.71. The van der Waals surface area contributed by atoms with E-state index in [9.17, 15) is 4.79 Å². The van der Waals surface area contributed by atoms with Gasteiger partial charge < -0.3 is 0 Å². The van der Waals surface area contributed by atoms with E-state index in [-0.39, 0.29) is 5.56 Å². The van der Waals surface area contributed by atoms with Gasteiger partial charge in [0.15, 0.2) is 10.7 Å². The largest absolute Gasteiger partial charge is 0.284 e. The standard InChI is InChI=1S/C7H7N5OS/c1-3-2-12-6(13)4-5(10-11-9-4)8-7(12)14-3/h3H,2H2,1H3,(H,9,10,11). The smallest absolute Gasteiger partial charge is 0.284 e. The Morgan fingerprint density at radius 1 is 1.57 bits per heavy atom. The lowest BCUT2D eigenvalue weighted by molar-refractivity contribution is 0.627. The molecular formula is C7H7N5OS. The summed E-state index contributed by atoms with van der Waals surface area (Å²) >= 11 is 1.59. The number of aromatic amines is 1. The molecule has 1 aliphatic heterocycles. The van der Waals surface area contributed by atoms with Gasteiger partial charge in [-0.25, -0.2) is 4.98 Å². The molecule has 0 fully saturated rings. The number of rotatable bonds is 0. The van der Waals surface area contributed by atoms with Gasteiger partial charge in [0.05, 0.1) is 0 Å². The van der Waals surface area contributed by atoms with E-state index in [0.29, 0.717) is 23.0 Å². The molecule has 0 saturated carbocycles. The summed E-state index contributed by atoms with van der Waals surface area (Å²) in [5.74, 6) is 0. The number of thioether (sulfide) groups is 1. The lowest BCUT2D eigenvalue weighted by Gasteiger charge is -1.97. The normalized spacial score (nSPS) is 20.2. The Hall–Kier alpha value is -1.37. The summed E-state index contributed by atoms with van der Waals surface area (Å²) in [5, 5.41) is 11.1. The van der Waals surface area contributed by atoms with Crippen LogP contribution in [0.4, 0.5) is 0 Å². The summed E-state index contributed by atoms with van der Waals surface area (Å²) in [4.78, 5) is 16.1. The first-order valence-electron chi connectivity index (χ1n) is 4.23. The molecule has 2 aromatic rings. The first kappa shape index (κ1) is 7.98. The second kappa shape index (κ2) is 2.57. The van der Waals surface area contributed by atoms with Crippen LogP contribution in [0.2, 0.25) is 0 Å². The first-order chi connectivity index (χ1) is 6.75. The van der Waals surface area contributed by atoms with Crippen molar-refractivity contribution >= 4 is 22.9 Å². The van der Waals surface area contributed by atoms with Gasteiger partial charge in [0.25, 0.3) is 5.56 Å². The molecule has 0 radical (unpaired) electrons. The summed E-state index contributed by atoms with van der Waals surface area (Å²) in [6, 6.07) is 0. The van der Waals surface area contributed by atoms with Crippen LogP contribution in [0, 0.1) is 0 Å². The van der Waals surface area contributed by atoms with Gasteiger partial charge in [-0.3, -0.25) is 9.36 Å². The monoisotopic (exact) mass is 209 g/mol. The fraction of sp³-hybridized carbons (Fsp3) is 0.429. The molecule has 3 heterocycles. The third-order valence-electron chi connectivity index (χ3n) is 2.16. The van der Waals surface area contributed by atoms with E-state index in [4.69, 9.17) is 0 Å². The lowest BCUT2D eigenvalue weighted by Crippen LogP contribution is -2.21. The van der Waals surface area contributed by atoms with Gasteiger partial charge in [0.1, 0.15) is 0 Å². The van der Waals surface area contributed by atoms with Crippen molar-refractivity contribution in [3.8, 4) is 0 Å². The number of aromatic nitrogens is 5. The predicted molar refractivity (Wildman–Crippen MR) is 51.3 cm³/mol. The zero-order valence-corrected chi connectivity index (χ0v) is 8.21. The third-order valence-corrected chi connectivity index (χ3v) is 3.23. The summed E-state index contributed by atoms with van der Waals surface area (Å²) in [5.41, 5.74) is 0.627. The molecule has 3 rings (SSSR count). The Labute approximate surface area is 82.7 Å². The van der Waals surface area contributed by atoms with Crippen molar-refractivity contribution in [1.82, 2.24) is 25.0 Å². The third kappa shape index (κ3) is 0.926. The summed E-state index contributed by atoms with van der Waals surface area (Å²) in [7, 11) is 0. The molecule has 0 spiro atoms. The van der Waals surface area contributed by atoms with Crippen molar-refractivity contribution in [3.05, 3.63) is 10.4 Å². The van der Waals surface area contributed by atoms with Crippen molar-refractivity contribution in [1.29, 1.82) is 0 Å². The van der Waals surface area contributed by atoms with Crippen LogP contribution in [0.15, 0.2) is 9.95 Å². The van der Waals surface area contributed by atoms with Crippen molar-refractivity contribution in [2.75, 3.05) is 0 Å². The molecule has 0 aliphatic carbocycles. The number of hydrogen-bond acceptors (Lipinski definition) is 5. The fourth-order valence-corrected chi connectivity index (χ4v) is 2.55. The van der Waals surface area contributed by atoms with E-state index >= 15 is 0 Å². The van der Waals surface area contributed by atoms with Gasteiger partial charge in [-0.2, -0.15) is 5.21 Å². The molecule has 6 nitrogen and oxygen atoms in total. The van der Waals surface area contributed by atoms with Crippen molar-refractivity contribution in [2.45, 2.75) is 23.9 Å². The average molecular weight is 209 g/mol. The van der Waals surface area contributed by atoms with Crippen molar-refractivity contribution in [3.63, 3.8) is 0 Å². The molecule has 2 aromatic heterocycles. The van der Waals surface area contributed by atoms with Crippen molar-refractivity contribution in [2.24, 2.45) is 0 Å². The quantitative estimate of drug-likeness (QED) is 0.618.